The Morgan fingerprint density at radius 1 is 1.03 bits per heavy atom. The molecule has 0 atom stereocenters. The van der Waals surface area contributed by atoms with Gasteiger partial charge in [-0.2, -0.15) is 0 Å². The second-order valence-corrected chi connectivity index (χ2v) is 6.93. The van der Waals surface area contributed by atoms with E-state index < -0.39 is 0 Å². The van der Waals surface area contributed by atoms with Gasteiger partial charge in [0.25, 0.3) is 5.91 Å². The molecule has 31 heavy (non-hydrogen) atoms. The van der Waals surface area contributed by atoms with Crippen molar-refractivity contribution in [2.45, 2.75) is 27.0 Å². The van der Waals surface area contributed by atoms with Gasteiger partial charge < -0.3 is 24.6 Å². The minimum absolute atomic E-state index is 0.126. The number of nitrogens with one attached hydrogen (secondary N) is 2. The number of aryl methyl sites for hydroxylation is 2. The van der Waals surface area contributed by atoms with Crippen LogP contribution in [0.3, 0.4) is 0 Å². The summed E-state index contributed by atoms with van der Waals surface area (Å²) in [6, 6.07) is 14.2. The van der Waals surface area contributed by atoms with Crippen LogP contribution in [-0.4, -0.2) is 30.6 Å². The van der Waals surface area contributed by atoms with E-state index in [1.807, 2.05) is 38.1 Å². The summed E-state index contributed by atoms with van der Waals surface area (Å²) in [6.07, 6.45) is 0. The summed E-state index contributed by atoms with van der Waals surface area (Å²) < 4.78 is 16.0. The largest absolute Gasteiger partial charge is 0.497 e. The molecule has 2 N–H and O–H groups in total. The van der Waals surface area contributed by atoms with Crippen LogP contribution < -0.4 is 20.1 Å². The number of amides is 2. The lowest BCUT2D eigenvalue weighted by Gasteiger charge is -2.09. The van der Waals surface area contributed by atoms with Crippen molar-refractivity contribution >= 4 is 11.8 Å². The molecule has 2 amide bonds. The van der Waals surface area contributed by atoms with Gasteiger partial charge in [-0.05, 0) is 49.7 Å². The smallest absolute Gasteiger partial charge is 0.251 e. The van der Waals surface area contributed by atoms with Gasteiger partial charge >= 0.3 is 0 Å². The number of nitrogens with zero attached hydrogens (tertiary/aromatic N) is 1. The standard InChI is InChI=1S/C23H25N3O5/c1-15-21(16(2)31-26-15)14-30-20-6-4-5-18(11-20)23(28)25-13-22(27)24-12-17-7-9-19(29-3)10-8-17/h4-11H,12-14H2,1-3H3,(H,24,27)(H,25,28). The van der Waals surface area contributed by atoms with Gasteiger partial charge in [0.2, 0.25) is 5.91 Å². The monoisotopic (exact) mass is 423 g/mol. The van der Waals surface area contributed by atoms with Gasteiger partial charge in [-0.3, -0.25) is 9.59 Å². The van der Waals surface area contributed by atoms with Crippen molar-refractivity contribution in [1.29, 1.82) is 0 Å². The normalized spacial score (nSPS) is 10.4. The van der Waals surface area contributed by atoms with Crippen LogP contribution in [0.1, 0.15) is 32.9 Å². The first kappa shape index (κ1) is 21.9. The number of hydrogen-bond acceptors (Lipinski definition) is 6. The molecule has 0 aliphatic rings. The molecule has 0 bridgehead atoms. The Balaban J connectivity index is 1.47. The number of carbonyl (C=O) groups is 2. The van der Waals surface area contributed by atoms with Crippen LogP contribution in [-0.2, 0) is 17.9 Å². The third kappa shape index (κ3) is 6.08. The molecule has 0 unspecified atom stereocenters. The SMILES string of the molecule is COc1ccc(CNC(=O)CNC(=O)c2cccc(OCc3c(C)noc3C)c2)cc1. The number of rotatable bonds is 9. The Hall–Kier alpha value is -3.81. The molecule has 8 nitrogen and oxygen atoms in total. The molecule has 1 aromatic heterocycles. The molecule has 0 aliphatic carbocycles. The van der Waals surface area contributed by atoms with Gasteiger partial charge in [0.15, 0.2) is 0 Å². The fourth-order valence-corrected chi connectivity index (χ4v) is 2.86. The fourth-order valence-electron chi connectivity index (χ4n) is 2.86. The number of aromatic nitrogens is 1. The van der Waals surface area contributed by atoms with E-state index in [9.17, 15) is 9.59 Å². The Kier molecular flexibility index (Phi) is 7.26. The van der Waals surface area contributed by atoms with Crippen LogP contribution in [0, 0.1) is 13.8 Å². The maximum atomic E-state index is 12.4. The van der Waals surface area contributed by atoms with Crippen LogP contribution in [0.2, 0.25) is 0 Å². The first-order valence-corrected chi connectivity index (χ1v) is 9.78. The third-order valence-electron chi connectivity index (χ3n) is 4.72. The Labute approximate surface area is 180 Å². The topological polar surface area (TPSA) is 103 Å². The van der Waals surface area contributed by atoms with E-state index in [0.717, 1.165) is 22.6 Å². The second kappa shape index (κ2) is 10.3. The number of benzene rings is 2. The molecule has 0 saturated heterocycles. The van der Waals surface area contributed by atoms with Crippen LogP contribution in [0.4, 0.5) is 0 Å². The highest BCUT2D eigenvalue weighted by Crippen LogP contribution is 2.18. The fraction of sp³-hybridized carbons (Fsp3) is 0.261. The van der Waals surface area contributed by atoms with Gasteiger partial charge in [0.1, 0.15) is 23.9 Å². The molecule has 0 radical (unpaired) electrons. The van der Waals surface area contributed by atoms with Gasteiger partial charge in [0.05, 0.1) is 24.9 Å². The highest BCUT2D eigenvalue weighted by molar-refractivity contribution is 5.96. The molecular weight excluding hydrogens is 398 g/mol. The first-order chi connectivity index (χ1) is 15.0. The van der Waals surface area contributed by atoms with Gasteiger partial charge in [0, 0.05) is 12.1 Å². The molecule has 3 aromatic rings. The van der Waals surface area contributed by atoms with Gasteiger partial charge in [-0.25, -0.2) is 0 Å². The van der Waals surface area contributed by atoms with Crippen molar-refractivity contribution in [3.63, 3.8) is 0 Å². The van der Waals surface area contributed by atoms with Crippen molar-refractivity contribution in [2.24, 2.45) is 0 Å². The zero-order valence-electron chi connectivity index (χ0n) is 17.7. The summed E-state index contributed by atoms with van der Waals surface area (Å²) in [4.78, 5) is 24.5. The van der Waals surface area contributed by atoms with E-state index >= 15 is 0 Å². The van der Waals surface area contributed by atoms with Crippen molar-refractivity contribution in [2.75, 3.05) is 13.7 Å². The molecule has 0 aliphatic heterocycles. The van der Waals surface area contributed by atoms with Crippen molar-refractivity contribution in [1.82, 2.24) is 15.8 Å². The van der Waals surface area contributed by atoms with E-state index in [0.29, 0.717) is 30.2 Å². The maximum Gasteiger partial charge on any atom is 0.251 e. The predicted octanol–water partition coefficient (Wildman–Crippen LogP) is 2.93. The third-order valence-corrected chi connectivity index (χ3v) is 4.72. The first-order valence-electron chi connectivity index (χ1n) is 9.78. The lowest BCUT2D eigenvalue weighted by Crippen LogP contribution is -2.36. The number of hydrogen-bond donors (Lipinski definition) is 2. The second-order valence-electron chi connectivity index (χ2n) is 6.93. The van der Waals surface area contributed by atoms with Gasteiger partial charge in [-0.15, -0.1) is 0 Å². The molecular formula is C23H25N3O5. The quantitative estimate of drug-likeness (QED) is 0.549. The molecule has 0 saturated carbocycles. The summed E-state index contributed by atoms with van der Waals surface area (Å²) in [6.45, 7) is 4.20. The molecule has 162 valence electrons. The summed E-state index contributed by atoms with van der Waals surface area (Å²) >= 11 is 0. The maximum absolute atomic E-state index is 12.4. The Morgan fingerprint density at radius 3 is 2.48 bits per heavy atom. The van der Waals surface area contributed by atoms with E-state index in [1.54, 1.807) is 31.4 Å². The van der Waals surface area contributed by atoms with Crippen molar-refractivity contribution < 1.29 is 23.6 Å². The van der Waals surface area contributed by atoms with E-state index in [-0.39, 0.29) is 18.4 Å². The predicted molar refractivity (Wildman–Crippen MR) is 114 cm³/mol. The number of carbonyl (C=O) groups excluding carboxylic acids is 2. The average Bonchev–Trinajstić information content (AvgIpc) is 3.12. The highest BCUT2D eigenvalue weighted by atomic mass is 16.5. The van der Waals surface area contributed by atoms with E-state index in [2.05, 4.69) is 15.8 Å². The minimum atomic E-state index is -0.359. The molecule has 0 spiro atoms. The van der Waals surface area contributed by atoms with E-state index in [4.69, 9.17) is 14.0 Å². The zero-order valence-corrected chi connectivity index (χ0v) is 17.7. The average molecular weight is 423 g/mol. The van der Waals surface area contributed by atoms with E-state index in [1.165, 1.54) is 0 Å². The zero-order chi connectivity index (χ0) is 22.2. The number of ether oxygens (including phenoxy) is 2. The lowest BCUT2D eigenvalue weighted by atomic mass is 10.2. The molecule has 8 heteroatoms. The molecule has 0 fully saturated rings. The number of methoxy groups -OCH3 is 1. The van der Waals surface area contributed by atoms with Crippen molar-refractivity contribution in [3.8, 4) is 11.5 Å². The van der Waals surface area contributed by atoms with Crippen LogP contribution in [0.5, 0.6) is 11.5 Å². The summed E-state index contributed by atoms with van der Waals surface area (Å²) in [7, 11) is 1.60. The Bertz CT molecular complexity index is 1020. The Morgan fingerprint density at radius 2 is 1.81 bits per heavy atom. The molecule has 1 heterocycles. The summed E-state index contributed by atoms with van der Waals surface area (Å²) in [5.41, 5.74) is 2.98. The summed E-state index contributed by atoms with van der Waals surface area (Å²) in [5, 5.41) is 9.28. The van der Waals surface area contributed by atoms with Crippen LogP contribution in [0.15, 0.2) is 53.1 Å². The molecule has 3 rings (SSSR count). The van der Waals surface area contributed by atoms with Crippen LogP contribution >= 0.6 is 0 Å². The van der Waals surface area contributed by atoms with Crippen molar-refractivity contribution in [3.05, 3.63) is 76.7 Å². The molecule has 2 aromatic carbocycles. The van der Waals surface area contributed by atoms with Gasteiger partial charge in [-0.1, -0.05) is 23.4 Å². The summed E-state index contributed by atoms with van der Waals surface area (Å²) in [5.74, 6) is 1.35. The lowest BCUT2D eigenvalue weighted by molar-refractivity contribution is -0.120. The highest BCUT2D eigenvalue weighted by Gasteiger charge is 2.12. The van der Waals surface area contributed by atoms with Crippen LogP contribution in [0.25, 0.3) is 0 Å². The minimum Gasteiger partial charge on any atom is -0.497 e.